The van der Waals surface area contributed by atoms with E-state index in [1.807, 2.05) is 48.5 Å². The van der Waals surface area contributed by atoms with E-state index in [0.29, 0.717) is 16.8 Å². The number of carbonyl (C=O) groups excluding carboxylic acids is 3. The molecule has 48 heavy (non-hydrogen) atoms. The highest BCUT2D eigenvalue weighted by molar-refractivity contribution is 5.95. The number of fused-ring (bicyclic) bond motifs is 2. The average Bonchev–Trinajstić information content (AvgIpc) is 3.83. The van der Waals surface area contributed by atoms with Crippen molar-refractivity contribution in [3.8, 4) is 0 Å². The first-order valence-corrected chi connectivity index (χ1v) is 15.3. The van der Waals surface area contributed by atoms with Crippen LogP contribution < -0.4 is 21.7 Å². The number of aromatic amines is 3. The third-order valence-corrected chi connectivity index (χ3v) is 8.06. The number of aromatic nitrogens is 4. The van der Waals surface area contributed by atoms with Gasteiger partial charge in [0.1, 0.15) is 18.1 Å². The molecule has 3 heterocycles. The minimum Gasteiger partial charge on any atom is -0.481 e. The number of carbonyl (C=O) groups is 5. The summed E-state index contributed by atoms with van der Waals surface area (Å²) in [7, 11) is 0. The van der Waals surface area contributed by atoms with Crippen molar-refractivity contribution in [2.45, 2.75) is 56.3 Å². The predicted octanol–water partition coefficient (Wildman–Crippen LogP) is 1.13. The molecule has 0 aliphatic heterocycles. The molecule has 0 fully saturated rings. The van der Waals surface area contributed by atoms with Crippen LogP contribution in [-0.4, -0.2) is 84.0 Å². The second-order valence-corrected chi connectivity index (χ2v) is 11.5. The summed E-state index contributed by atoms with van der Waals surface area (Å²) in [6.45, 7) is 0. The maximum absolute atomic E-state index is 13.9. The van der Waals surface area contributed by atoms with E-state index in [2.05, 4.69) is 35.9 Å². The number of rotatable bonds is 16. The monoisotopic (exact) mass is 656 g/mol. The molecule has 5 aromatic rings. The number of imidazole rings is 1. The van der Waals surface area contributed by atoms with Gasteiger partial charge in [-0.05, 0) is 29.7 Å². The molecule has 15 heteroatoms. The summed E-state index contributed by atoms with van der Waals surface area (Å²) in [5.74, 6) is -4.62. The predicted molar refractivity (Wildman–Crippen MR) is 175 cm³/mol. The Morgan fingerprint density at radius 2 is 1.23 bits per heavy atom. The van der Waals surface area contributed by atoms with Gasteiger partial charge in [0, 0.05) is 71.8 Å². The number of carboxylic acids is 2. The molecule has 0 saturated heterocycles. The SMILES string of the molecule is NC(CCC(=O)O)C(=O)NC(Cc1cnc[nH]1)C(=O)NC(Cc1c[nH]c2ccccc12)C(=O)NC(Cc1c[nH]c2ccccc12)C(=O)O. The third-order valence-electron chi connectivity index (χ3n) is 8.06. The van der Waals surface area contributed by atoms with Crippen LogP contribution in [0.25, 0.3) is 21.8 Å². The van der Waals surface area contributed by atoms with Gasteiger partial charge in [0.05, 0.1) is 12.4 Å². The number of hydrogen-bond acceptors (Lipinski definition) is 7. The number of carboxylic acid groups (broad SMARTS) is 2. The lowest BCUT2D eigenvalue weighted by molar-refractivity contribution is -0.142. The fraction of sp³-hybridized carbons (Fsp3) is 0.273. The Hall–Kier alpha value is -5.96. The van der Waals surface area contributed by atoms with Crippen LogP contribution in [0.1, 0.15) is 29.7 Å². The Bertz CT molecular complexity index is 1910. The molecular formula is C33H36N8O7. The van der Waals surface area contributed by atoms with E-state index in [1.165, 1.54) is 12.5 Å². The summed E-state index contributed by atoms with van der Waals surface area (Å²) >= 11 is 0. The average molecular weight is 657 g/mol. The Balaban J connectivity index is 1.39. The van der Waals surface area contributed by atoms with Gasteiger partial charge in [-0.1, -0.05) is 36.4 Å². The summed E-state index contributed by atoms with van der Waals surface area (Å²) in [5.41, 5.74) is 9.41. The quantitative estimate of drug-likeness (QED) is 0.0737. The fourth-order valence-electron chi connectivity index (χ4n) is 5.51. The van der Waals surface area contributed by atoms with Gasteiger partial charge in [0.15, 0.2) is 0 Å². The first-order chi connectivity index (χ1) is 23.1. The number of nitrogens with zero attached hydrogens (tertiary/aromatic N) is 1. The van der Waals surface area contributed by atoms with Gasteiger partial charge in [0.25, 0.3) is 0 Å². The summed E-state index contributed by atoms with van der Waals surface area (Å²) in [5, 5.41) is 28.6. The Kier molecular flexibility index (Phi) is 10.5. The van der Waals surface area contributed by atoms with E-state index in [0.717, 1.165) is 21.8 Å². The van der Waals surface area contributed by atoms with Crippen molar-refractivity contribution >= 4 is 51.5 Å². The molecule has 15 nitrogen and oxygen atoms in total. The van der Waals surface area contributed by atoms with Crippen molar-refractivity contribution in [1.82, 2.24) is 35.9 Å². The van der Waals surface area contributed by atoms with E-state index in [4.69, 9.17) is 10.8 Å². The highest BCUT2D eigenvalue weighted by Crippen LogP contribution is 2.21. The standard InChI is InChI=1S/C33H36N8O7/c34-23(9-10-29(42)43)30(44)39-27(13-20-16-35-17-38-20)32(46)40-26(11-18-14-36-24-7-3-1-5-21(18)24)31(45)41-28(33(47)48)12-19-15-37-25-8-4-2-6-22(19)25/h1-8,14-17,23,26-28,36-37H,9-13,34H2,(H,35,38)(H,39,44)(H,40,46)(H,41,45)(H,42,43)(H,47,48). The van der Waals surface area contributed by atoms with Crippen molar-refractivity contribution in [1.29, 1.82) is 0 Å². The van der Waals surface area contributed by atoms with Crippen molar-refractivity contribution in [3.63, 3.8) is 0 Å². The molecule has 0 spiro atoms. The molecule has 0 saturated carbocycles. The lowest BCUT2D eigenvalue weighted by atomic mass is 10.0. The molecule has 0 aliphatic rings. The van der Waals surface area contributed by atoms with Gasteiger partial charge < -0.3 is 46.8 Å². The molecule has 3 amide bonds. The molecule has 0 bridgehead atoms. The van der Waals surface area contributed by atoms with Crippen LogP contribution in [-0.2, 0) is 43.2 Å². The summed E-state index contributed by atoms with van der Waals surface area (Å²) in [6.07, 6.45) is 5.69. The van der Waals surface area contributed by atoms with E-state index in [1.54, 1.807) is 12.4 Å². The molecule has 250 valence electrons. The van der Waals surface area contributed by atoms with Crippen LogP contribution in [0.5, 0.6) is 0 Å². The fourth-order valence-corrected chi connectivity index (χ4v) is 5.51. The van der Waals surface area contributed by atoms with Crippen LogP contribution in [0.15, 0.2) is 73.4 Å². The lowest BCUT2D eigenvalue weighted by Crippen LogP contribution is -2.58. The number of benzene rings is 2. The first-order valence-electron chi connectivity index (χ1n) is 15.3. The molecule has 2 aromatic carbocycles. The molecule has 4 unspecified atom stereocenters. The Morgan fingerprint density at radius 3 is 1.77 bits per heavy atom. The van der Waals surface area contributed by atoms with Crippen molar-refractivity contribution in [2.24, 2.45) is 5.73 Å². The summed E-state index contributed by atoms with van der Waals surface area (Å²) in [6, 6.07) is 9.75. The lowest BCUT2D eigenvalue weighted by Gasteiger charge is -2.25. The van der Waals surface area contributed by atoms with Gasteiger partial charge >= 0.3 is 11.9 Å². The van der Waals surface area contributed by atoms with Gasteiger partial charge in [-0.2, -0.15) is 0 Å². The van der Waals surface area contributed by atoms with E-state index in [9.17, 15) is 29.1 Å². The third kappa shape index (κ3) is 8.24. The Morgan fingerprint density at radius 1 is 0.708 bits per heavy atom. The minimum atomic E-state index is -1.33. The van der Waals surface area contributed by atoms with Crippen LogP contribution in [0, 0.1) is 0 Å². The smallest absolute Gasteiger partial charge is 0.326 e. The second-order valence-electron chi connectivity index (χ2n) is 11.5. The molecular weight excluding hydrogens is 620 g/mol. The molecule has 0 aliphatic carbocycles. The maximum Gasteiger partial charge on any atom is 0.326 e. The topological polar surface area (TPSA) is 248 Å². The van der Waals surface area contributed by atoms with Crippen LogP contribution in [0.4, 0.5) is 0 Å². The highest BCUT2D eigenvalue weighted by atomic mass is 16.4. The number of aliphatic carboxylic acids is 2. The van der Waals surface area contributed by atoms with Gasteiger partial charge in [-0.3, -0.25) is 19.2 Å². The number of hydrogen-bond donors (Lipinski definition) is 9. The molecule has 4 atom stereocenters. The normalized spacial score (nSPS) is 13.8. The molecule has 3 aromatic heterocycles. The van der Waals surface area contributed by atoms with E-state index >= 15 is 0 Å². The number of H-pyrrole nitrogens is 3. The van der Waals surface area contributed by atoms with Crippen molar-refractivity contribution < 1.29 is 34.2 Å². The molecule has 5 rings (SSSR count). The maximum atomic E-state index is 13.9. The van der Waals surface area contributed by atoms with Crippen LogP contribution in [0.2, 0.25) is 0 Å². The van der Waals surface area contributed by atoms with Gasteiger partial charge in [-0.15, -0.1) is 0 Å². The number of amides is 3. The second kappa shape index (κ2) is 15.1. The zero-order chi connectivity index (χ0) is 34.2. The summed E-state index contributed by atoms with van der Waals surface area (Å²) in [4.78, 5) is 77.0. The van der Waals surface area contributed by atoms with Crippen molar-refractivity contribution in [2.75, 3.05) is 0 Å². The highest BCUT2D eigenvalue weighted by Gasteiger charge is 2.32. The molecule has 0 radical (unpaired) electrons. The van der Waals surface area contributed by atoms with Crippen LogP contribution >= 0.6 is 0 Å². The largest absolute Gasteiger partial charge is 0.481 e. The van der Waals surface area contributed by atoms with Gasteiger partial charge in [-0.25, -0.2) is 9.78 Å². The minimum absolute atomic E-state index is 0.0101. The first kappa shape index (κ1) is 33.4. The molecule has 10 N–H and O–H groups in total. The number of nitrogens with two attached hydrogens (primary N) is 1. The number of nitrogens with one attached hydrogen (secondary N) is 6. The van der Waals surface area contributed by atoms with Crippen molar-refractivity contribution in [3.05, 3.63) is 90.3 Å². The van der Waals surface area contributed by atoms with Gasteiger partial charge in [0.2, 0.25) is 17.7 Å². The zero-order valence-electron chi connectivity index (χ0n) is 25.7. The summed E-state index contributed by atoms with van der Waals surface area (Å²) < 4.78 is 0. The van der Waals surface area contributed by atoms with E-state index < -0.39 is 53.8 Å². The number of para-hydroxylation sites is 2. The van der Waals surface area contributed by atoms with Crippen LogP contribution in [0.3, 0.4) is 0 Å². The zero-order valence-corrected chi connectivity index (χ0v) is 25.7. The Labute approximate surface area is 273 Å². The van der Waals surface area contributed by atoms with E-state index in [-0.39, 0.29) is 32.1 Å².